The molecule has 0 radical (unpaired) electrons. The summed E-state index contributed by atoms with van der Waals surface area (Å²) in [4.78, 5) is 30.0. The maximum absolute atomic E-state index is 13.1. The third kappa shape index (κ3) is 3.63. The van der Waals surface area contributed by atoms with Gasteiger partial charge >= 0.3 is 0 Å². The Kier molecular flexibility index (Phi) is 4.98. The molecule has 0 bridgehead atoms. The van der Waals surface area contributed by atoms with Crippen molar-refractivity contribution in [3.8, 4) is 5.75 Å². The minimum absolute atomic E-state index is 0.0620. The van der Waals surface area contributed by atoms with Gasteiger partial charge in [0.25, 0.3) is 5.91 Å². The lowest BCUT2D eigenvalue weighted by atomic mass is 9.78. The maximum atomic E-state index is 13.1. The number of carbonyl (C=O) groups excluding carboxylic acids is 2. The summed E-state index contributed by atoms with van der Waals surface area (Å²) in [5.74, 6) is 1.61. The first kappa shape index (κ1) is 18.9. The second kappa shape index (κ2) is 7.63. The van der Waals surface area contributed by atoms with E-state index in [1.807, 2.05) is 18.2 Å². The quantitative estimate of drug-likeness (QED) is 0.834. The molecule has 5 rings (SSSR count). The fraction of sp³-hybridized carbons (Fsp3) is 0.652. The molecule has 3 aliphatic heterocycles. The molecular weight excluding hydrogens is 366 g/mol. The second-order valence-electron chi connectivity index (χ2n) is 9.16. The van der Waals surface area contributed by atoms with Crippen molar-refractivity contribution < 1.29 is 14.3 Å². The monoisotopic (exact) mass is 397 g/mol. The van der Waals surface area contributed by atoms with Crippen molar-refractivity contribution in [2.75, 3.05) is 26.2 Å². The molecule has 1 spiro atoms. The van der Waals surface area contributed by atoms with Crippen molar-refractivity contribution in [3.05, 3.63) is 29.8 Å². The highest BCUT2D eigenvalue weighted by Crippen LogP contribution is 2.36. The Morgan fingerprint density at radius 2 is 1.83 bits per heavy atom. The van der Waals surface area contributed by atoms with E-state index < -0.39 is 5.72 Å². The van der Waals surface area contributed by atoms with Crippen molar-refractivity contribution in [2.45, 2.75) is 63.1 Å². The van der Waals surface area contributed by atoms with Crippen molar-refractivity contribution in [1.82, 2.24) is 15.1 Å². The Balaban J connectivity index is 1.19. The number of amides is 2. The highest BCUT2D eigenvalue weighted by molar-refractivity contribution is 5.98. The zero-order valence-electron chi connectivity index (χ0n) is 17.1. The molecule has 1 aromatic rings. The van der Waals surface area contributed by atoms with Crippen molar-refractivity contribution in [1.29, 1.82) is 0 Å². The molecule has 6 heteroatoms. The van der Waals surface area contributed by atoms with Gasteiger partial charge in [-0.25, -0.2) is 0 Å². The van der Waals surface area contributed by atoms with Gasteiger partial charge in [0.15, 0.2) is 5.72 Å². The van der Waals surface area contributed by atoms with Crippen LogP contribution in [0.3, 0.4) is 0 Å². The zero-order valence-corrected chi connectivity index (χ0v) is 17.1. The van der Waals surface area contributed by atoms with E-state index in [-0.39, 0.29) is 11.8 Å². The van der Waals surface area contributed by atoms with Crippen LogP contribution in [0, 0.1) is 5.92 Å². The summed E-state index contributed by atoms with van der Waals surface area (Å²) < 4.78 is 6.22. The Morgan fingerprint density at radius 1 is 1.07 bits per heavy atom. The van der Waals surface area contributed by atoms with E-state index in [0.717, 1.165) is 32.0 Å². The number of piperidine rings is 2. The van der Waals surface area contributed by atoms with E-state index in [1.54, 1.807) is 6.07 Å². The van der Waals surface area contributed by atoms with Gasteiger partial charge in [-0.3, -0.25) is 14.5 Å². The molecule has 4 aliphatic rings. The lowest BCUT2D eigenvalue weighted by Crippen LogP contribution is -2.62. The van der Waals surface area contributed by atoms with Crippen LogP contribution in [0.4, 0.5) is 0 Å². The molecule has 1 aliphatic carbocycles. The predicted molar refractivity (Wildman–Crippen MR) is 110 cm³/mol. The first-order valence-electron chi connectivity index (χ1n) is 11.3. The standard InChI is InChI=1S/C23H31N3O3/c27-21(26-13-5-7-17-6-1-3-9-19(17)26)16-25-14-11-23(12-15-25)24-22(28)18-8-2-4-10-20(18)29-23/h2,4,8,10,17,19H,1,3,5-7,9,11-16H2,(H,24,28)/t17-,19+/m1/s1. The number of carbonyl (C=O) groups is 2. The average Bonchev–Trinajstić information content (AvgIpc) is 2.75. The molecule has 3 heterocycles. The summed E-state index contributed by atoms with van der Waals surface area (Å²) >= 11 is 0. The molecule has 1 N–H and O–H groups in total. The van der Waals surface area contributed by atoms with Gasteiger partial charge in [-0.1, -0.05) is 25.0 Å². The van der Waals surface area contributed by atoms with Crippen LogP contribution in [0.5, 0.6) is 5.75 Å². The largest absolute Gasteiger partial charge is 0.467 e. The van der Waals surface area contributed by atoms with Crippen molar-refractivity contribution >= 4 is 11.8 Å². The summed E-state index contributed by atoms with van der Waals surface area (Å²) in [6.07, 6.45) is 8.90. The van der Waals surface area contributed by atoms with E-state index in [9.17, 15) is 9.59 Å². The molecule has 2 amide bonds. The molecule has 2 saturated heterocycles. The van der Waals surface area contributed by atoms with Gasteiger partial charge < -0.3 is 15.0 Å². The van der Waals surface area contributed by atoms with Gasteiger partial charge in [0.05, 0.1) is 12.1 Å². The second-order valence-corrected chi connectivity index (χ2v) is 9.16. The van der Waals surface area contributed by atoms with Crippen molar-refractivity contribution in [2.24, 2.45) is 5.92 Å². The molecule has 1 aromatic carbocycles. The smallest absolute Gasteiger partial charge is 0.258 e. The van der Waals surface area contributed by atoms with Gasteiger partial charge in [-0.2, -0.15) is 0 Å². The lowest BCUT2D eigenvalue weighted by molar-refractivity contribution is -0.140. The van der Waals surface area contributed by atoms with E-state index in [4.69, 9.17) is 4.74 Å². The summed E-state index contributed by atoms with van der Waals surface area (Å²) in [6.45, 7) is 2.93. The van der Waals surface area contributed by atoms with E-state index in [2.05, 4.69) is 15.1 Å². The third-order valence-electron chi connectivity index (χ3n) is 7.36. The van der Waals surface area contributed by atoms with E-state index >= 15 is 0 Å². The van der Waals surface area contributed by atoms with Gasteiger partial charge in [0.2, 0.25) is 5.91 Å². The van der Waals surface area contributed by atoms with Crippen molar-refractivity contribution in [3.63, 3.8) is 0 Å². The first-order chi connectivity index (χ1) is 14.1. The Hall–Kier alpha value is -2.08. The van der Waals surface area contributed by atoms with Crippen LogP contribution >= 0.6 is 0 Å². The molecule has 0 aromatic heterocycles. The Labute approximate surface area is 172 Å². The summed E-state index contributed by atoms with van der Waals surface area (Å²) in [5.41, 5.74) is -0.0345. The number of nitrogens with zero attached hydrogens (tertiary/aromatic N) is 2. The Morgan fingerprint density at radius 3 is 2.69 bits per heavy atom. The molecular formula is C23H31N3O3. The number of benzene rings is 1. The third-order valence-corrected chi connectivity index (χ3v) is 7.36. The van der Waals surface area contributed by atoms with Gasteiger partial charge in [0.1, 0.15) is 5.75 Å². The maximum Gasteiger partial charge on any atom is 0.258 e. The minimum Gasteiger partial charge on any atom is -0.467 e. The van der Waals surface area contributed by atoms with Crippen LogP contribution in [0.15, 0.2) is 24.3 Å². The number of ether oxygens (including phenoxy) is 1. The predicted octanol–water partition coefficient (Wildman–Crippen LogP) is 2.78. The van der Waals surface area contributed by atoms with Crippen LogP contribution in [0.25, 0.3) is 0 Å². The zero-order chi connectivity index (χ0) is 19.8. The molecule has 2 atom stereocenters. The number of fused-ring (bicyclic) bond motifs is 2. The van der Waals surface area contributed by atoms with Crippen LogP contribution in [-0.4, -0.2) is 59.6 Å². The molecule has 6 nitrogen and oxygen atoms in total. The summed E-state index contributed by atoms with van der Waals surface area (Å²) in [5, 5.41) is 3.08. The van der Waals surface area contributed by atoms with Crippen LogP contribution < -0.4 is 10.1 Å². The highest BCUT2D eigenvalue weighted by atomic mass is 16.5. The van der Waals surface area contributed by atoms with Gasteiger partial charge in [0, 0.05) is 38.5 Å². The number of hydrogen-bond donors (Lipinski definition) is 1. The van der Waals surface area contributed by atoms with Gasteiger partial charge in [-0.05, 0) is 43.7 Å². The first-order valence-corrected chi connectivity index (χ1v) is 11.3. The molecule has 0 unspecified atom stereocenters. The topological polar surface area (TPSA) is 61.9 Å². The summed E-state index contributed by atoms with van der Waals surface area (Å²) in [6, 6.07) is 7.88. The van der Waals surface area contributed by atoms with Crippen LogP contribution in [0.2, 0.25) is 0 Å². The fourth-order valence-electron chi connectivity index (χ4n) is 5.77. The molecule has 1 saturated carbocycles. The van der Waals surface area contributed by atoms with Crippen LogP contribution in [-0.2, 0) is 4.79 Å². The van der Waals surface area contributed by atoms with E-state index in [1.165, 1.54) is 32.1 Å². The Bertz CT molecular complexity index is 785. The summed E-state index contributed by atoms with van der Waals surface area (Å²) in [7, 11) is 0. The molecule has 29 heavy (non-hydrogen) atoms. The number of hydrogen-bond acceptors (Lipinski definition) is 4. The number of para-hydroxylation sites is 1. The number of rotatable bonds is 2. The normalized spacial score (nSPS) is 28.8. The van der Waals surface area contributed by atoms with E-state index in [0.29, 0.717) is 36.7 Å². The fourth-order valence-corrected chi connectivity index (χ4v) is 5.77. The highest BCUT2D eigenvalue weighted by Gasteiger charge is 2.43. The lowest BCUT2D eigenvalue weighted by Gasteiger charge is -2.46. The molecule has 156 valence electrons. The minimum atomic E-state index is -0.634. The average molecular weight is 398 g/mol. The number of likely N-dealkylation sites (tertiary alicyclic amines) is 2. The number of nitrogens with one attached hydrogen (secondary N) is 1. The molecule has 3 fully saturated rings. The van der Waals surface area contributed by atoms with Gasteiger partial charge in [-0.15, -0.1) is 0 Å². The van der Waals surface area contributed by atoms with Crippen LogP contribution in [0.1, 0.15) is 61.7 Å². The SMILES string of the molecule is O=C1NC2(CCN(CC(=O)N3CCC[C@H]4CCCC[C@@H]43)CC2)Oc2ccccc21.